The second-order valence-corrected chi connectivity index (χ2v) is 5.71. The SMILES string of the molecule is O=C(NCCNc1cnccn1)[C@@H]1COc2ccc(Cl)cc2C1. The number of carbonyl (C=O) groups is 1. The molecule has 0 saturated carbocycles. The number of nitrogens with one attached hydrogen (secondary N) is 2. The molecule has 1 atom stereocenters. The first kappa shape index (κ1) is 15.6. The van der Waals surface area contributed by atoms with E-state index in [1.165, 1.54) is 0 Å². The van der Waals surface area contributed by atoms with Crippen LogP contribution in [0.5, 0.6) is 5.75 Å². The molecule has 7 heteroatoms. The van der Waals surface area contributed by atoms with Crippen LogP contribution in [0.3, 0.4) is 0 Å². The Bertz CT molecular complexity index is 681. The monoisotopic (exact) mass is 332 g/mol. The molecule has 1 aliphatic heterocycles. The molecule has 1 aliphatic rings. The molecule has 0 aliphatic carbocycles. The molecule has 120 valence electrons. The molecule has 0 unspecified atom stereocenters. The lowest BCUT2D eigenvalue weighted by Crippen LogP contribution is -2.39. The molecule has 23 heavy (non-hydrogen) atoms. The van der Waals surface area contributed by atoms with Crippen LogP contribution < -0.4 is 15.4 Å². The number of amides is 1. The van der Waals surface area contributed by atoms with Crippen molar-refractivity contribution in [1.82, 2.24) is 15.3 Å². The number of rotatable bonds is 5. The van der Waals surface area contributed by atoms with Gasteiger partial charge >= 0.3 is 0 Å². The molecule has 6 nitrogen and oxygen atoms in total. The molecule has 2 heterocycles. The molecular weight excluding hydrogens is 316 g/mol. The molecule has 1 aromatic heterocycles. The summed E-state index contributed by atoms with van der Waals surface area (Å²) in [5.41, 5.74) is 0.974. The van der Waals surface area contributed by atoms with Gasteiger partial charge < -0.3 is 15.4 Å². The van der Waals surface area contributed by atoms with Gasteiger partial charge in [-0.15, -0.1) is 0 Å². The molecule has 0 fully saturated rings. The predicted molar refractivity (Wildman–Crippen MR) is 87.7 cm³/mol. The molecular formula is C16H17ClN4O2. The molecule has 0 spiro atoms. The van der Waals surface area contributed by atoms with Crippen molar-refractivity contribution in [3.63, 3.8) is 0 Å². The minimum Gasteiger partial charge on any atom is -0.492 e. The van der Waals surface area contributed by atoms with E-state index in [1.807, 2.05) is 12.1 Å². The maximum atomic E-state index is 12.2. The number of carbonyl (C=O) groups excluding carboxylic acids is 1. The maximum Gasteiger partial charge on any atom is 0.226 e. The molecule has 1 aromatic carbocycles. The lowest BCUT2D eigenvalue weighted by atomic mass is 9.96. The van der Waals surface area contributed by atoms with E-state index in [0.717, 1.165) is 11.3 Å². The van der Waals surface area contributed by atoms with E-state index in [0.29, 0.717) is 37.0 Å². The number of halogens is 1. The quantitative estimate of drug-likeness (QED) is 0.818. The lowest BCUT2D eigenvalue weighted by molar-refractivity contribution is -0.126. The van der Waals surface area contributed by atoms with Crippen molar-refractivity contribution in [2.24, 2.45) is 5.92 Å². The summed E-state index contributed by atoms with van der Waals surface area (Å²) in [6.45, 7) is 1.48. The zero-order valence-corrected chi connectivity index (χ0v) is 13.2. The number of fused-ring (bicyclic) bond motifs is 1. The van der Waals surface area contributed by atoms with Gasteiger partial charge in [0.05, 0.1) is 12.1 Å². The molecule has 2 aromatic rings. The van der Waals surface area contributed by atoms with E-state index in [9.17, 15) is 4.79 Å². The lowest BCUT2D eigenvalue weighted by Gasteiger charge is -2.24. The van der Waals surface area contributed by atoms with Crippen LogP contribution in [0.4, 0.5) is 5.82 Å². The van der Waals surface area contributed by atoms with E-state index < -0.39 is 0 Å². The third-order valence-corrected chi connectivity index (χ3v) is 3.83. The average Bonchev–Trinajstić information content (AvgIpc) is 2.58. The fourth-order valence-electron chi connectivity index (χ4n) is 2.44. The van der Waals surface area contributed by atoms with Gasteiger partial charge in [0.25, 0.3) is 0 Å². The summed E-state index contributed by atoms with van der Waals surface area (Å²) >= 11 is 5.99. The van der Waals surface area contributed by atoms with E-state index in [-0.39, 0.29) is 11.8 Å². The van der Waals surface area contributed by atoms with Crippen LogP contribution in [0.25, 0.3) is 0 Å². The smallest absolute Gasteiger partial charge is 0.226 e. The van der Waals surface area contributed by atoms with Crippen molar-refractivity contribution >= 4 is 23.3 Å². The van der Waals surface area contributed by atoms with Gasteiger partial charge in [0.1, 0.15) is 18.2 Å². The van der Waals surface area contributed by atoms with Crippen molar-refractivity contribution in [1.29, 1.82) is 0 Å². The topological polar surface area (TPSA) is 76.1 Å². The van der Waals surface area contributed by atoms with Crippen molar-refractivity contribution < 1.29 is 9.53 Å². The zero-order chi connectivity index (χ0) is 16.1. The standard InChI is InChI=1S/C16H17ClN4O2/c17-13-1-2-14-11(8-13)7-12(10-23-14)16(22)21-6-5-20-15-9-18-3-4-19-15/h1-4,8-9,12H,5-7,10H2,(H,19,20)(H,21,22)/t12-/m0/s1. The van der Waals surface area contributed by atoms with Gasteiger partial charge in [0.15, 0.2) is 0 Å². The molecule has 0 bridgehead atoms. The normalized spacial score (nSPS) is 16.1. The van der Waals surface area contributed by atoms with E-state index in [4.69, 9.17) is 16.3 Å². The summed E-state index contributed by atoms with van der Waals surface area (Å²) in [5, 5.41) is 6.65. The third kappa shape index (κ3) is 4.10. The summed E-state index contributed by atoms with van der Waals surface area (Å²) in [6.07, 6.45) is 5.50. The first-order valence-corrected chi connectivity index (χ1v) is 7.79. The zero-order valence-electron chi connectivity index (χ0n) is 12.5. The van der Waals surface area contributed by atoms with Crippen molar-refractivity contribution in [2.45, 2.75) is 6.42 Å². The molecule has 0 radical (unpaired) electrons. The third-order valence-electron chi connectivity index (χ3n) is 3.59. The summed E-state index contributed by atoms with van der Waals surface area (Å²) in [7, 11) is 0. The van der Waals surface area contributed by atoms with Crippen LogP contribution in [0.2, 0.25) is 5.02 Å². The second kappa shape index (κ2) is 7.28. The number of aromatic nitrogens is 2. The summed E-state index contributed by atoms with van der Waals surface area (Å²) < 4.78 is 5.63. The van der Waals surface area contributed by atoms with Crippen molar-refractivity contribution in [3.8, 4) is 5.75 Å². The summed E-state index contributed by atoms with van der Waals surface area (Å²) in [4.78, 5) is 20.3. The van der Waals surface area contributed by atoms with Crippen LogP contribution in [-0.4, -0.2) is 35.6 Å². The van der Waals surface area contributed by atoms with Gasteiger partial charge in [0.2, 0.25) is 5.91 Å². The first-order chi connectivity index (χ1) is 11.2. The molecule has 2 N–H and O–H groups in total. The Hall–Kier alpha value is -2.34. The number of hydrogen-bond donors (Lipinski definition) is 2. The highest BCUT2D eigenvalue weighted by atomic mass is 35.5. The number of hydrogen-bond acceptors (Lipinski definition) is 5. The Labute approximate surface area is 139 Å². The van der Waals surface area contributed by atoms with Crippen LogP contribution in [0.1, 0.15) is 5.56 Å². The molecule has 0 saturated heterocycles. The Morgan fingerprint density at radius 3 is 3.09 bits per heavy atom. The van der Waals surface area contributed by atoms with Gasteiger partial charge in [-0.3, -0.25) is 9.78 Å². The highest BCUT2D eigenvalue weighted by Crippen LogP contribution is 2.29. The second-order valence-electron chi connectivity index (χ2n) is 5.27. The summed E-state index contributed by atoms with van der Waals surface area (Å²) in [5.74, 6) is 1.28. The van der Waals surface area contributed by atoms with Gasteiger partial charge in [-0.05, 0) is 30.2 Å². The minimum atomic E-state index is -0.197. The largest absolute Gasteiger partial charge is 0.492 e. The van der Waals surface area contributed by atoms with Crippen molar-refractivity contribution in [2.75, 3.05) is 25.0 Å². The maximum absolute atomic E-state index is 12.2. The number of nitrogens with zero attached hydrogens (tertiary/aromatic N) is 2. The summed E-state index contributed by atoms with van der Waals surface area (Å²) in [6, 6.07) is 5.49. The highest BCUT2D eigenvalue weighted by Gasteiger charge is 2.25. The molecule has 3 rings (SSSR count). The Kier molecular flexibility index (Phi) is 4.92. The Morgan fingerprint density at radius 2 is 2.26 bits per heavy atom. The van der Waals surface area contributed by atoms with Crippen LogP contribution >= 0.6 is 11.6 Å². The first-order valence-electron chi connectivity index (χ1n) is 7.41. The number of benzene rings is 1. The van der Waals surface area contributed by atoms with Gasteiger partial charge in [0, 0.05) is 30.5 Å². The van der Waals surface area contributed by atoms with Crippen LogP contribution in [-0.2, 0) is 11.2 Å². The van der Waals surface area contributed by atoms with E-state index in [2.05, 4.69) is 20.6 Å². The molecule has 1 amide bonds. The van der Waals surface area contributed by atoms with Crippen LogP contribution in [0.15, 0.2) is 36.8 Å². The predicted octanol–water partition coefficient (Wildman–Crippen LogP) is 1.91. The fourth-order valence-corrected chi connectivity index (χ4v) is 2.64. The van der Waals surface area contributed by atoms with Gasteiger partial charge in [-0.25, -0.2) is 4.98 Å². The average molecular weight is 333 g/mol. The fraction of sp³-hybridized carbons (Fsp3) is 0.312. The van der Waals surface area contributed by atoms with E-state index >= 15 is 0 Å². The van der Waals surface area contributed by atoms with Crippen LogP contribution in [0, 0.1) is 5.92 Å². The van der Waals surface area contributed by atoms with Gasteiger partial charge in [-0.2, -0.15) is 0 Å². The minimum absolute atomic E-state index is 0.0171. The van der Waals surface area contributed by atoms with Gasteiger partial charge in [-0.1, -0.05) is 11.6 Å². The number of ether oxygens (including phenoxy) is 1. The van der Waals surface area contributed by atoms with Crippen molar-refractivity contribution in [3.05, 3.63) is 47.4 Å². The Balaban J connectivity index is 1.46. The van der Waals surface area contributed by atoms with E-state index in [1.54, 1.807) is 24.7 Å². The Morgan fingerprint density at radius 1 is 1.35 bits per heavy atom. The number of anilines is 1. The highest BCUT2D eigenvalue weighted by molar-refractivity contribution is 6.30.